The van der Waals surface area contributed by atoms with Gasteiger partial charge in [-0.05, 0) is 54.1 Å². The molecule has 8 nitrogen and oxygen atoms in total. The van der Waals surface area contributed by atoms with Gasteiger partial charge in [0.1, 0.15) is 12.4 Å². The predicted molar refractivity (Wildman–Crippen MR) is 116 cm³/mol. The highest BCUT2D eigenvalue weighted by molar-refractivity contribution is 5.91. The topological polar surface area (TPSA) is 95.5 Å². The Morgan fingerprint density at radius 2 is 1.88 bits per heavy atom. The molecule has 1 N–H and O–H groups in total. The Balaban J connectivity index is 1.37. The minimum atomic E-state index is -0.837. The number of halogens is 1. The molecule has 4 rings (SSSR count). The molecule has 0 saturated carbocycles. The summed E-state index contributed by atoms with van der Waals surface area (Å²) in [6.07, 6.45) is 0.562. The molecule has 168 valence electrons. The van der Waals surface area contributed by atoms with E-state index in [4.69, 9.17) is 18.9 Å². The molecule has 1 heterocycles. The first-order valence-electron chi connectivity index (χ1n) is 9.90. The summed E-state index contributed by atoms with van der Waals surface area (Å²) in [5, 5.41) is 3.93. The largest absolute Gasteiger partial charge is 0.493 e. The van der Waals surface area contributed by atoms with Crippen LogP contribution >= 0.6 is 0 Å². The van der Waals surface area contributed by atoms with Gasteiger partial charge in [-0.15, -0.1) is 0 Å². The lowest BCUT2D eigenvalue weighted by molar-refractivity contribution is -0.130. The minimum Gasteiger partial charge on any atom is -0.493 e. The van der Waals surface area contributed by atoms with Crippen molar-refractivity contribution in [2.24, 2.45) is 5.10 Å². The SMILES string of the molecule is COc1cc(/C=N\NC(=O)[C@@H]2COc3ccccc3O2)ccc1OC(=O)c1cccc(F)c1. The Hall–Kier alpha value is -4.40. The normalized spacial score (nSPS) is 14.5. The molecule has 0 bridgehead atoms. The maximum Gasteiger partial charge on any atom is 0.343 e. The first-order valence-corrected chi connectivity index (χ1v) is 9.90. The molecule has 0 aromatic heterocycles. The number of rotatable bonds is 6. The molecule has 0 saturated heterocycles. The molecule has 1 atom stereocenters. The van der Waals surface area contributed by atoms with Crippen molar-refractivity contribution in [2.45, 2.75) is 6.10 Å². The Morgan fingerprint density at radius 3 is 2.67 bits per heavy atom. The summed E-state index contributed by atoms with van der Waals surface area (Å²) in [7, 11) is 1.41. The molecule has 0 spiro atoms. The van der Waals surface area contributed by atoms with Crippen molar-refractivity contribution < 1.29 is 32.9 Å². The second-order valence-electron chi connectivity index (χ2n) is 6.91. The van der Waals surface area contributed by atoms with Gasteiger partial charge in [0.05, 0.1) is 18.9 Å². The number of benzene rings is 3. The quantitative estimate of drug-likeness (QED) is 0.268. The zero-order valence-electron chi connectivity index (χ0n) is 17.5. The molecule has 3 aromatic carbocycles. The monoisotopic (exact) mass is 450 g/mol. The van der Waals surface area contributed by atoms with Gasteiger partial charge in [0.25, 0.3) is 5.91 Å². The third-order valence-corrected chi connectivity index (χ3v) is 4.64. The molecular weight excluding hydrogens is 431 g/mol. The number of fused-ring (bicyclic) bond motifs is 1. The average Bonchev–Trinajstić information content (AvgIpc) is 2.84. The summed E-state index contributed by atoms with van der Waals surface area (Å²) >= 11 is 0. The molecule has 0 aliphatic carbocycles. The van der Waals surface area contributed by atoms with Crippen molar-refractivity contribution in [1.82, 2.24) is 5.43 Å². The average molecular weight is 450 g/mol. The number of nitrogens with one attached hydrogen (secondary N) is 1. The zero-order chi connectivity index (χ0) is 23.2. The van der Waals surface area contributed by atoms with E-state index in [0.29, 0.717) is 17.1 Å². The van der Waals surface area contributed by atoms with Crippen LogP contribution in [-0.4, -0.2) is 37.9 Å². The lowest BCUT2D eigenvalue weighted by Crippen LogP contribution is -2.42. The van der Waals surface area contributed by atoms with E-state index in [-0.39, 0.29) is 23.7 Å². The molecule has 1 amide bonds. The van der Waals surface area contributed by atoms with E-state index in [9.17, 15) is 14.0 Å². The first-order chi connectivity index (χ1) is 16.0. The Bertz CT molecular complexity index is 1210. The fourth-order valence-electron chi connectivity index (χ4n) is 3.01. The number of para-hydroxylation sites is 2. The van der Waals surface area contributed by atoms with E-state index in [0.717, 1.165) is 6.07 Å². The highest BCUT2D eigenvalue weighted by atomic mass is 19.1. The first kappa shape index (κ1) is 21.8. The van der Waals surface area contributed by atoms with E-state index in [1.807, 2.05) is 6.07 Å². The van der Waals surface area contributed by atoms with Gasteiger partial charge < -0.3 is 18.9 Å². The van der Waals surface area contributed by atoms with E-state index in [1.165, 1.54) is 37.6 Å². The number of carbonyl (C=O) groups excluding carboxylic acids is 2. The van der Waals surface area contributed by atoms with Crippen LogP contribution in [0.2, 0.25) is 0 Å². The summed E-state index contributed by atoms with van der Waals surface area (Å²) < 4.78 is 35.1. The lowest BCUT2D eigenvalue weighted by Gasteiger charge is -2.24. The van der Waals surface area contributed by atoms with Crippen molar-refractivity contribution in [3.63, 3.8) is 0 Å². The number of methoxy groups -OCH3 is 1. The molecule has 0 fully saturated rings. The number of hydrogen-bond donors (Lipinski definition) is 1. The van der Waals surface area contributed by atoms with Gasteiger partial charge in [0, 0.05) is 0 Å². The van der Waals surface area contributed by atoms with Crippen LogP contribution in [0.4, 0.5) is 4.39 Å². The summed E-state index contributed by atoms with van der Waals surface area (Å²) in [4.78, 5) is 24.6. The number of carbonyl (C=O) groups is 2. The van der Waals surface area contributed by atoms with E-state index >= 15 is 0 Å². The number of esters is 1. The molecule has 1 aliphatic rings. The van der Waals surface area contributed by atoms with Crippen LogP contribution in [0.15, 0.2) is 71.8 Å². The zero-order valence-corrected chi connectivity index (χ0v) is 17.5. The van der Waals surface area contributed by atoms with Gasteiger partial charge >= 0.3 is 5.97 Å². The fraction of sp³-hybridized carbons (Fsp3) is 0.125. The second-order valence-corrected chi connectivity index (χ2v) is 6.91. The van der Waals surface area contributed by atoms with Crippen molar-refractivity contribution in [3.8, 4) is 23.0 Å². The molecule has 0 unspecified atom stereocenters. The Kier molecular flexibility index (Phi) is 6.49. The van der Waals surface area contributed by atoms with Crippen molar-refractivity contribution >= 4 is 18.1 Å². The van der Waals surface area contributed by atoms with Gasteiger partial charge in [-0.25, -0.2) is 14.6 Å². The third kappa shape index (κ3) is 5.27. The summed E-state index contributed by atoms with van der Waals surface area (Å²) in [6, 6.07) is 16.9. The molecule has 3 aromatic rings. The number of hydrazone groups is 1. The van der Waals surface area contributed by atoms with Gasteiger partial charge in [-0.2, -0.15) is 5.10 Å². The molecule has 0 radical (unpaired) electrons. The standard InChI is InChI=1S/C24H19FN2O6/c1-30-21-11-15(9-10-20(21)33-24(29)16-5-4-6-17(25)12-16)13-26-27-23(28)22-14-31-18-7-2-3-8-19(18)32-22/h2-13,22H,14H2,1H3,(H,27,28)/b26-13-/t22-/m0/s1. The number of ether oxygens (including phenoxy) is 4. The van der Waals surface area contributed by atoms with Gasteiger partial charge in [0.2, 0.25) is 6.10 Å². The van der Waals surface area contributed by atoms with Crippen LogP contribution in [0.3, 0.4) is 0 Å². The molecule has 9 heteroatoms. The van der Waals surface area contributed by atoms with Crippen LogP contribution in [0, 0.1) is 5.82 Å². The lowest BCUT2D eigenvalue weighted by atomic mass is 10.2. The van der Waals surface area contributed by atoms with E-state index < -0.39 is 23.8 Å². The Morgan fingerprint density at radius 1 is 1.06 bits per heavy atom. The maximum atomic E-state index is 13.3. The number of amides is 1. The molecular formula is C24H19FN2O6. The molecule has 33 heavy (non-hydrogen) atoms. The number of nitrogens with zero attached hydrogens (tertiary/aromatic N) is 1. The predicted octanol–water partition coefficient (Wildman–Crippen LogP) is 3.34. The second kappa shape index (κ2) is 9.82. The van der Waals surface area contributed by atoms with Crippen LogP contribution in [0.25, 0.3) is 0 Å². The van der Waals surface area contributed by atoms with Gasteiger partial charge in [-0.3, -0.25) is 4.79 Å². The molecule has 1 aliphatic heterocycles. The smallest absolute Gasteiger partial charge is 0.343 e. The van der Waals surface area contributed by atoms with E-state index in [1.54, 1.807) is 30.3 Å². The summed E-state index contributed by atoms with van der Waals surface area (Å²) in [6.45, 7) is 0.0670. The van der Waals surface area contributed by atoms with Crippen molar-refractivity contribution in [3.05, 3.63) is 83.7 Å². The highest BCUT2D eigenvalue weighted by Crippen LogP contribution is 2.31. The fourth-order valence-corrected chi connectivity index (χ4v) is 3.01. The van der Waals surface area contributed by atoms with Crippen LogP contribution in [-0.2, 0) is 4.79 Å². The number of hydrogen-bond acceptors (Lipinski definition) is 7. The van der Waals surface area contributed by atoms with E-state index in [2.05, 4.69) is 10.5 Å². The van der Waals surface area contributed by atoms with Crippen LogP contribution in [0.5, 0.6) is 23.0 Å². The van der Waals surface area contributed by atoms with Gasteiger partial charge in [-0.1, -0.05) is 18.2 Å². The maximum absolute atomic E-state index is 13.3. The van der Waals surface area contributed by atoms with Crippen molar-refractivity contribution in [1.29, 1.82) is 0 Å². The van der Waals surface area contributed by atoms with Crippen LogP contribution in [0.1, 0.15) is 15.9 Å². The Labute approximate surface area is 188 Å². The van der Waals surface area contributed by atoms with Gasteiger partial charge in [0.15, 0.2) is 23.0 Å². The highest BCUT2D eigenvalue weighted by Gasteiger charge is 2.27. The summed E-state index contributed by atoms with van der Waals surface area (Å²) in [5.74, 6) is -0.253. The van der Waals surface area contributed by atoms with Crippen LogP contribution < -0.4 is 24.4 Å². The third-order valence-electron chi connectivity index (χ3n) is 4.64. The summed E-state index contributed by atoms with van der Waals surface area (Å²) in [5.41, 5.74) is 3.05. The minimum absolute atomic E-state index is 0.0670. The van der Waals surface area contributed by atoms with Crippen molar-refractivity contribution in [2.75, 3.05) is 13.7 Å².